The first kappa shape index (κ1) is 13.8. The Hall–Kier alpha value is -1.65. The summed E-state index contributed by atoms with van der Waals surface area (Å²) in [6.45, 7) is 2.25. The Balaban J connectivity index is 2.06. The first-order valence-electron chi connectivity index (χ1n) is 6.80. The number of allylic oxidation sites excluding steroid dienone is 2. The van der Waals surface area contributed by atoms with Crippen molar-refractivity contribution in [1.82, 2.24) is 4.90 Å². The van der Waals surface area contributed by atoms with Crippen molar-refractivity contribution in [1.29, 1.82) is 0 Å². The van der Waals surface area contributed by atoms with E-state index in [1.807, 2.05) is 19.1 Å². The van der Waals surface area contributed by atoms with Crippen LogP contribution in [0.25, 0.3) is 0 Å². The summed E-state index contributed by atoms with van der Waals surface area (Å²) in [7, 11) is 0. The Bertz CT molecular complexity index is 429. The van der Waals surface area contributed by atoms with Crippen LogP contribution in [0.3, 0.4) is 0 Å². The Morgan fingerprint density at radius 1 is 1.42 bits per heavy atom. The van der Waals surface area contributed by atoms with E-state index >= 15 is 0 Å². The molecule has 19 heavy (non-hydrogen) atoms. The van der Waals surface area contributed by atoms with Gasteiger partial charge in [0.2, 0.25) is 11.8 Å². The van der Waals surface area contributed by atoms with Gasteiger partial charge in [-0.2, -0.15) is 0 Å². The van der Waals surface area contributed by atoms with E-state index in [-0.39, 0.29) is 42.5 Å². The van der Waals surface area contributed by atoms with Gasteiger partial charge in [0, 0.05) is 13.0 Å². The second-order valence-corrected chi connectivity index (χ2v) is 5.19. The number of amides is 2. The summed E-state index contributed by atoms with van der Waals surface area (Å²) in [4.78, 5) is 36.3. The van der Waals surface area contributed by atoms with Gasteiger partial charge in [-0.3, -0.25) is 19.3 Å². The molecular formula is C14H19NO4. The normalized spacial score (nSPS) is 29.7. The number of likely N-dealkylation sites (tertiary alicyclic amines) is 1. The van der Waals surface area contributed by atoms with Crippen LogP contribution >= 0.6 is 0 Å². The zero-order valence-electron chi connectivity index (χ0n) is 11.0. The van der Waals surface area contributed by atoms with Crippen molar-refractivity contribution in [3.05, 3.63) is 12.2 Å². The molecule has 0 bridgehead atoms. The highest BCUT2D eigenvalue weighted by atomic mass is 16.4. The molecule has 1 saturated heterocycles. The summed E-state index contributed by atoms with van der Waals surface area (Å²) in [6.07, 6.45) is 5.81. The summed E-state index contributed by atoms with van der Waals surface area (Å²) < 4.78 is 0. The molecule has 0 unspecified atom stereocenters. The zero-order valence-corrected chi connectivity index (χ0v) is 11.0. The smallest absolute Gasteiger partial charge is 0.303 e. The Morgan fingerprint density at radius 2 is 2.16 bits per heavy atom. The van der Waals surface area contributed by atoms with Gasteiger partial charge in [-0.1, -0.05) is 19.1 Å². The Kier molecular flexibility index (Phi) is 4.02. The van der Waals surface area contributed by atoms with Crippen molar-refractivity contribution in [3.8, 4) is 0 Å². The first-order chi connectivity index (χ1) is 9.06. The molecule has 5 nitrogen and oxygen atoms in total. The molecule has 1 aliphatic heterocycles. The minimum atomic E-state index is -0.899. The highest BCUT2D eigenvalue weighted by molar-refractivity contribution is 6.05. The van der Waals surface area contributed by atoms with Gasteiger partial charge in [0.05, 0.1) is 11.8 Å². The average Bonchev–Trinajstić information content (AvgIpc) is 2.63. The topological polar surface area (TPSA) is 74.7 Å². The number of nitrogens with zero attached hydrogens (tertiary/aromatic N) is 1. The minimum Gasteiger partial charge on any atom is -0.481 e. The van der Waals surface area contributed by atoms with Crippen LogP contribution in [0.15, 0.2) is 12.2 Å². The second-order valence-electron chi connectivity index (χ2n) is 5.19. The van der Waals surface area contributed by atoms with Gasteiger partial charge in [0.15, 0.2) is 0 Å². The molecule has 1 N–H and O–H groups in total. The molecule has 0 aromatic rings. The molecule has 0 saturated carbocycles. The molecule has 104 valence electrons. The largest absolute Gasteiger partial charge is 0.481 e. The lowest BCUT2D eigenvalue weighted by atomic mass is 9.76. The average molecular weight is 265 g/mol. The second kappa shape index (κ2) is 5.55. The summed E-state index contributed by atoms with van der Waals surface area (Å²) >= 11 is 0. The van der Waals surface area contributed by atoms with Crippen molar-refractivity contribution < 1.29 is 19.5 Å². The fraction of sp³-hybridized carbons (Fsp3) is 0.643. The number of imide groups is 1. The van der Waals surface area contributed by atoms with Crippen molar-refractivity contribution in [3.63, 3.8) is 0 Å². The predicted octanol–water partition coefficient (Wildman–Crippen LogP) is 1.44. The number of carboxylic acids is 1. The maximum Gasteiger partial charge on any atom is 0.303 e. The maximum atomic E-state index is 12.3. The molecule has 5 heteroatoms. The van der Waals surface area contributed by atoms with Gasteiger partial charge in [-0.25, -0.2) is 0 Å². The van der Waals surface area contributed by atoms with Gasteiger partial charge in [-0.15, -0.1) is 0 Å². The number of hydrogen-bond acceptors (Lipinski definition) is 3. The Labute approximate surface area is 112 Å². The SMILES string of the molecule is CC[C@H]1C=CC[C@H]2C(=O)N(CCCC(=O)O)C(=O)[C@H]12. The van der Waals surface area contributed by atoms with Crippen LogP contribution in [0.5, 0.6) is 0 Å². The van der Waals surface area contributed by atoms with Crippen LogP contribution < -0.4 is 0 Å². The zero-order chi connectivity index (χ0) is 14.0. The van der Waals surface area contributed by atoms with E-state index in [0.717, 1.165) is 6.42 Å². The van der Waals surface area contributed by atoms with E-state index in [1.165, 1.54) is 4.90 Å². The van der Waals surface area contributed by atoms with Gasteiger partial charge in [0.25, 0.3) is 0 Å². The highest BCUT2D eigenvalue weighted by Gasteiger charge is 2.50. The van der Waals surface area contributed by atoms with Crippen LogP contribution in [-0.2, 0) is 14.4 Å². The van der Waals surface area contributed by atoms with E-state index in [9.17, 15) is 14.4 Å². The Morgan fingerprint density at radius 3 is 2.79 bits per heavy atom. The van der Waals surface area contributed by atoms with Crippen LogP contribution in [0, 0.1) is 17.8 Å². The molecule has 0 spiro atoms. The van der Waals surface area contributed by atoms with E-state index in [1.54, 1.807) is 0 Å². The van der Waals surface area contributed by atoms with E-state index in [4.69, 9.17) is 5.11 Å². The van der Waals surface area contributed by atoms with E-state index < -0.39 is 5.97 Å². The van der Waals surface area contributed by atoms with Crippen molar-refractivity contribution in [2.24, 2.45) is 17.8 Å². The summed E-state index contributed by atoms with van der Waals surface area (Å²) in [5.41, 5.74) is 0. The van der Waals surface area contributed by atoms with Gasteiger partial charge >= 0.3 is 5.97 Å². The fourth-order valence-electron chi connectivity index (χ4n) is 3.06. The molecule has 0 aromatic carbocycles. The third-order valence-electron chi connectivity index (χ3n) is 4.05. The molecular weight excluding hydrogens is 246 g/mol. The number of rotatable bonds is 5. The molecule has 3 atom stereocenters. The molecule has 1 aliphatic carbocycles. The minimum absolute atomic E-state index is 0.0121. The van der Waals surface area contributed by atoms with Crippen molar-refractivity contribution in [2.75, 3.05) is 6.54 Å². The van der Waals surface area contributed by atoms with Crippen LogP contribution in [0.4, 0.5) is 0 Å². The van der Waals surface area contributed by atoms with Crippen LogP contribution in [-0.4, -0.2) is 34.3 Å². The molecule has 2 amide bonds. The van der Waals surface area contributed by atoms with Crippen molar-refractivity contribution >= 4 is 17.8 Å². The molecule has 0 aromatic heterocycles. The lowest BCUT2D eigenvalue weighted by molar-refractivity contribution is -0.142. The number of carbonyl (C=O) groups excluding carboxylic acids is 2. The fourth-order valence-corrected chi connectivity index (χ4v) is 3.06. The lowest BCUT2D eigenvalue weighted by Gasteiger charge is -2.24. The van der Waals surface area contributed by atoms with Gasteiger partial charge in [-0.05, 0) is 25.2 Å². The number of carboxylic acid groups (broad SMARTS) is 1. The number of fused-ring (bicyclic) bond motifs is 1. The molecule has 2 rings (SSSR count). The standard InChI is InChI=1S/C14H19NO4/c1-2-9-5-3-6-10-12(9)14(19)15(13(10)18)8-4-7-11(16)17/h3,5,9-10,12H,2,4,6-8H2,1H3,(H,16,17)/t9-,10+,12+/m0/s1. The van der Waals surface area contributed by atoms with Crippen LogP contribution in [0.1, 0.15) is 32.6 Å². The summed E-state index contributed by atoms with van der Waals surface area (Å²) in [5, 5.41) is 8.61. The quantitative estimate of drug-likeness (QED) is 0.603. The molecule has 1 fully saturated rings. The van der Waals surface area contributed by atoms with E-state index in [0.29, 0.717) is 12.8 Å². The third kappa shape index (κ3) is 2.55. The van der Waals surface area contributed by atoms with Gasteiger partial charge in [0.1, 0.15) is 0 Å². The van der Waals surface area contributed by atoms with Crippen LogP contribution in [0.2, 0.25) is 0 Å². The number of aliphatic carboxylic acids is 1. The third-order valence-corrected chi connectivity index (χ3v) is 4.05. The van der Waals surface area contributed by atoms with Crippen molar-refractivity contribution in [2.45, 2.75) is 32.6 Å². The number of carbonyl (C=O) groups is 3. The predicted molar refractivity (Wildman–Crippen MR) is 68.1 cm³/mol. The summed E-state index contributed by atoms with van der Waals surface area (Å²) in [5.74, 6) is -1.45. The molecule has 2 aliphatic rings. The summed E-state index contributed by atoms with van der Waals surface area (Å²) in [6, 6.07) is 0. The van der Waals surface area contributed by atoms with Gasteiger partial charge < -0.3 is 5.11 Å². The first-order valence-corrected chi connectivity index (χ1v) is 6.80. The number of hydrogen-bond donors (Lipinski definition) is 1. The molecule has 0 radical (unpaired) electrons. The maximum absolute atomic E-state index is 12.3. The highest BCUT2D eigenvalue weighted by Crippen LogP contribution is 2.39. The van der Waals surface area contributed by atoms with E-state index in [2.05, 4.69) is 0 Å². The lowest BCUT2D eigenvalue weighted by Crippen LogP contribution is -2.33. The monoisotopic (exact) mass is 265 g/mol. The molecule has 1 heterocycles.